The van der Waals surface area contributed by atoms with Gasteiger partial charge in [0.05, 0.1) is 33.3 Å². The zero-order chi connectivity index (χ0) is 47.5. The molecule has 0 aliphatic carbocycles. The van der Waals surface area contributed by atoms with Crippen LogP contribution in [0.1, 0.15) is 48.3 Å². The Balaban J connectivity index is 0.000000248. The lowest BCUT2D eigenvalue weighted by Gasteiger charge is -2.20. The van der Waals surface area contributed by atoms with Gasteiger partial charge in [-0.1, -0.05) is 168 Å². The third-order valence-electron chi connectivity index (χ3n) is 9.32. The number of carboxylic acid groups (broad SMARTS) is 2. The summed E-state index contributed by atoms with van der Waals surface area (Å²) in [7, 11) is 0. The molecule has 0 bridgehead atoms. The smallest absolute Gasteiger partial charge is 0.328 e. The van der Waals surface area contributed by atoms with Gasteiger partial charge in [0.2, 0.25) is 0 Å². The molecule has 0 saturated heterocycles. The van der Waals surface area contributed by atoms with Crippen LogP contribution >= 0.6 is 46.4 Å². The van der Waals surface area contributed by atoms with E-state index >= 15 is 0 Å². The zero-order valence-corrected chi connectivity index (χ0v) is 39.6. The monoisotopic (exact) mass is 974 g/mol. The molecule has 14 heteroatoms. The Hall–Kier alpha value is -5.40. The Labute approximate surface area is 407 Å². The molecule has 66 heavy (non-hydrogen) atoms. The van der Waals surface area contributed by atoms with Crippen molar-refractivity contribution in [3.63, 3.8) is 0 Å². The second kappa shape index (κ2) is 30.0. The summed E-state index contributed by atoms with van der Waals surface area (Å²) in [4.78, 5) is 19.1. The van der Waals surface area contributed by atoms with E-state index in [0.29, 0.717) is 70.2 Å². The Kier molecular flexibility index (Phi) is 24.2. The first-order valence-electron chi connectivity index (χ1n) is 21.1. The molecule has 4 N–H and O–H groups in total. The Morgan fingerprint density at radius 2 is 0.788 bits per heavy atom. The topological polar surface area (TPSA) is 136 Å². The van der Waals surface area contributed by atoms with Crippen LogP contribution in [0.15, 0.2) is 170 Å². The van der Waals surface area contributed by atoms with Crippen LogP contribution in [0.25, 0.3) is 0 Å². The predicted octanol–water partition coefficient (Wildman–Crippen LogP) is 12.0. The Bertz CT molecular complexity index is 2100. The van der Waals surface area contributed by atoms with Gasteiger partial charge in [0.15, 0.2) is 0 Å². The molecular formula is C52H54Cl4N2O8. The summed E-state index contributed by atoms with van der Waals surface area (Å²) in [5, 5.41) is 24.5. The van der Waals surface area contributed by atoms with Crippen molar-refractivity contribution in [3.05, 3.63) is 212 Å². The van der Waals surface area contributed by atoms with Crippen molar-refractivity contribution in [2.75, 3.05) is 39.5 Å². The number of halogens is 4. The summed E-state index contributed by atoms with van der Waals surface area (Å²) in [6, 6.07) is 52.0. The lowest BCUT2D eigenvalue weighted by atomic mass is 10.0. The fourth-order valence-corrected chi connectivity index (χ4v) is 6.66. The highest BCUT2D eigenvalue weighted by Crippen LogP contribution is 2.29. The first kappa shape index (κ1) is 53.2. The van der Waals surface area contributed by atoms with Gasteiger partial charge in [0.25, 0.3) is 0 Å². The first-order chi connectivity index (χ1) is 31.9. The van der Waals surface area contributed by atoms with Crippen LogP contribution in [-0.2, 0) is 19.1 Å². The summed E-state index contributed by atoms with van der Waals surface area (Å²) in [6.07, 6.45) is 0.953. The lowest BCUT2D eigenvalue weighted by Crippen LogP contribution is -2.34. The predicted molar refractivity (Wildman–Crippen MR) is 265 cm³/mol. The maximum Gasteiger partial charge on any atom is 0.328 e. The summed E-state index contributed by atoms with van der Waals surface area (Å²) < 4.78 is 24.0. The van der Waals surface area contributed by atoms with Crippen LogP contribution in [0.4, 0.5) is 0 Å². The van der Waals surface area contributed by atoms with Crippen molar-refractivity contribution in [1.29, 1.82) is 0 Å². The highest BCUT2D eigenvalue weighted by molar-refractivity contribution is 6.42. The first-order valence-corrected chi connectivity index (χ1v) is 22.6. The van der Waals surface area contributed by atoms with Gasteiger partial charge in [0.1, 0.15) is 36.9 Å². The molecule has 6 rings (SSSR count). The van der Waals surface area contributed by atoms with E-state index in [4.69, 9.17) is 75.6 Å². The van der Waals surface area contributed by atoms with Crippen molar-refractivity contribution in [2.45, 2.75) is 38.1 Å². The molecule has 0 spiro atoms. The molecule has 0 aromatic heterocycles. The maximum absolute atomic E-state index is 9.55. The fraction of sp³-hybridized carbons (Fsp3) is 0.231. The van der Waals surface area contributed by atoms with Crippen LogP contribution in [0.2, 0.25) is 20.1 Å². The number of hydrogen-bond acceptors (Lipinski definition) is 8. The molecule has 0 fully saturated rings. The fourth-order valence-electron chi connectivity index (χ4n) is 6.08. The van der Waals surface area contributed by atoms with Crippen LogP contribution in [-0.4, -0.2) is 73.8 Å². The summed E-state index contributed by atoms with van der Waals surface area (Å²) in [5.41, 5.74) is 4.59. The van der Waals surface area contributed by atoms with Crippen LogP contribution in [0, 0.1) is 0 Å². The van der Waals surface area contributed by atoms with Crippen molar-refractivity contribution < 1.29 is 38.7 Å². The van der Waals surface area contributed by atoms with Gasteiger partial charge in [-0.25, -0.2) is 9.59 Å². The number of benzene rings is 6. The standard InChI is InChI=1S/2C24H25Cl2NO2.C4H4O4/c2*1-18(17-29-21-12-13-22(25)23(26)16-21)27-14-15-28-24(19-8-4-2-5-9-19)20-10-6-3-7-11-20;5-3(6)1-2-4(7)8/h2*2-13,16,18,24,27H,14-15,17H2,1H3;1-2H,(H,5,6)(H,7,8)/b;;2-1+. The Morgan fingerprint density at radius 3 is 1.06 bits per heavy atom. The average molecular weight is 977 g/mol. The van der Waals surface area contributed by atoms with Gasteiger partial charge in [-0.15, -0.1) is 0 Å². The summed E-state index contributed by atoms with van der Waals surface area (Å²) >= 11 is 23.9. The van der Waals surface area contributed by atoms with E-state index in [1.54, 1.807) is 24.3 Å². The second-order valence-corrected chi connectivity index (χ2v) is 16.3. The van der Waals surface area contributed by atoms with Crippen molar-refractivity contribution in [3.8, 4) is 11.5 Å². The molecule has 2 unspecified atom stereocenters. The SMILES string of the molecule is CC(COc1ccc(Cl)c(Cl)c1)NCCOC(c1ccccc1)c1ccccc1.CC(COc1ccc(Cl)c(Cl)c1)NCCOC(c1ccccc1)c1ccccc1.O=C(O)/C=C/C(=O)O. The number of hydrogen-bond donors (Lipinski definition) is 4. The van der Waals surface area contributed by atoms with E-state index in [9.17, 15) is 9.59 Å². The minimum atomic E-state index is -1.26. The van der Waals surface area contributed by atoms with E-state index in [1.807, 2.05) is 84.9 Å². The van der Waals surface area contributed by atoms with E-state index in [1.165, 1.54) is 0 Å². The molecular weight excluding hydrogens is 922 g/mol. The molecule has 0 heterocycles. The quantitative estimate of drug-likeness (QED) is 0.0385. The van der Waals surface area contributed by atoms with E-state index in [0.717, 1.165) is 35.3 Å². The minimum absolute atomic E-state index is 0.0815. The largest absolute Gasteiger partial charge is 0.492 e. The number of rotatable bonds is 22. The third-order valence-corrected chi connectivity index (χ3v) is 10.8. The molecule has 0 aliphatic rings. The average Bonchev–Trinajstić information content (AvgIpc) is 3.33. The van der Waals surface area contributed by atoms with Crippen LogP contribution < -0.4 is 20.1 Å². The number of ether oxygens (including phenoxy) is 4. The highest BCUT2D eigenvalue weighted by Gasteiger charge is 2.16. The van der Waals surface area contributed by atoms with Gasteiger partial charge in [-0.2, -0.15) is 0 Å². The number of nitrogens with one attached hydrogen (secondary N) is 2. The van der Waals surface area contributed by atoms with E-state index < -0.39 is 11.9 Å². The lowest BCUT2D eigenvalue weighted by molar-refractivity contribution is -0.134. The number of aliphatic carboxylic acids is 2. The summed E-state index contributed by atoms with van der Waals surface area (Å²) in [5.74, 6) is -1.10. The molecule has 0 radical (unpaired) electrons. The van der Waals surface area contributed by atoms with Crippen LogP contribution in [0.5, 0.6) is 11.5 Å². The molecule has 6 aromatic carbocycles. The Morgan fingerprint density at radius 1 is 0.485 bits per heavy atom. The minimum Gasteiger partial charge on any atom is -0.492 e. The molecule has 2 atom stereocenters. The summed E-state index contributed by atoms with van der Waals surface area (Å²) in [6.45, 7) is 7.82. The molecule has 0 saturated carbocycles. The number of carbonyl (C=O) groups is 2. The zero-order valence-electron chi connectivity index (χ0n) is 36.6. The third kappa shape index (κ3) is 20.4. The molecule has 0 aliphatic heterocycles. The normalized spacial score (nSPS) is 11.8. The maximum atomic E-state index is 9.55. The van der Waals surface area contributed by atoms with Gasteiger partial charge in [-0.3, -0.25) is 0 Å². The van der Waals surface area contributed by atoms with Crippen molar-refractivity contribution in [2.24, 2.45) is 0 Å². The van der Waals surface area contributed by atoms with E-state index in [2.05, 4.69) is 73.0 Å². The van der Waals surface area contributed by atoms with Gasteiger partial charge < -0.3 is 39.8 Å². The highest BCUT2D eigenvalue weighted by atomic mass is 35.5. The second-order valence-electron chi connectivity index (χ2n) is 14.6. The molecule has 10 nitrogen and oxygen atoms in total. The molecule has 0 amide bonds. The van der Waals surface area contributed by atoms with Gasteiger partial charge in [0, 0.05) is 49.5 Å². The van der Waals surface area contributed by atoms with Crippen molar-refractivity contribution >= 4 is 58.3 Å². The van der Waals surface area contributed by atoms with Gasteiger partial charge in [-0.05, 0) is 60.4 Å². The van der Waals surface area contributed by atoms with Crippen LogP contribution in [0.3, 0.4) is 0 Å². The number of carboxylic acids is 2. The molecule has 348 valence electrons. The van der Waals surface area contributed by atoms with Crippen molar-refractivity contribution in [1.82, 2.24) is 10.6 Å². The van der Waals surface area contributed by atoms with Gasteiger partial charge >= 0.3 is 11.9 Å². The van der Waals surface area contributed by atoms with E-state index in [-0.39, 0.29) is 24.3 Å². The molecule has 6 aromatic rings.